The maximum absolute atomic E-state index is 13.5. The van der Waals surface area contributed by atoms with E-state index in [1.165, 1.54) is 23.3 Å². The highest BCUT2D eigenvalue weighted by Gasteiger charge is 2.20. The van der Waals surface area contributed by atoms with E-state index in [0.717, 1.165) is 28.8 Å². The van der Waals surface area contributed by atoms with Crippen LogP contribution < -0.4 is 5.32 Å². The third-order valence-electron chi connectivity index (χ3n) is 6.78. The van der Waals surface area contributed by atoms with Gasteiger partial charge in [0.25, 0.3) is 5.91 Å². The van der Waals surface area contributed by atoms with Gasteiger partial charge in [-0.05, 0) is 73.4 Å². The van der Waals surface area contributed by atoms with Gasteiger partial charge in [0.1, 0.15) is 11.5 Å². The van der Waals surface area contributed by atoms with Crippen molar-refractivity contribution in [3.63, 3.8) is 0 Å². The Morgan fingerprint density at radius 3 is 2.08 bits per heavy atom. The van der Waals surface area contributed by atoms with Crippen LogP contribution in [0.4, 0.5) is 4.39 Å². The van der Waals surface area contributed by atoms with Crippen LogP contribution >= 0.6 is 0 Å². The summed E-state index contributed by atoms with van der Waals surface area (Å²) in [6.45, 7) is 4.54. The molecule has 0 aliphatic heterocycles. The number of benzene rings is 4. The third kappa shape index (κ3) is 5.57. The summed E-state index contributed by atoms with van der Waals surface area (Å²) in [6.07, 6.45) is 0.752. The van der Waals surface area contributed by atoms with Crippen molar-refractivity contribution < 1.29 is 9.18 Å². The molecule has 0 radical (unpaired) electrons. The number of carbonyl (C=O) groups is 1. The van der Waals surface area contributed by atoms with Crippen LogP contribution in [0.2, 0.25) is 0 Å². The molecule has 1 heterocycles. The lowest BCUT2D eigenvalue weighted by Gasteiger charge is -2.18. The Morgan fingerprint density at radius 2 is 1.47 bits per heavy atom. The first-order chi connectivity index (χ1) is 18.5. The third-order valence-corrected chi connectivity index (χ3v) is 6.78. The summed E-state index contributed by atoms with van der Waals surface area (Å²) in [7, 11) is 0. The maximum atomic E-state index is 13.5. The minimum atomic E-state index is -0.313. The van der Waals surface area contributed by atoms with Crippen LogP contribution in [-0.4, -0.2) is 22.2 Å². The van der Waals surface area contributed by atoms with Gasteiger partial charge < -0.3 is 5.32 Å². The minimum absolute atomic E-state index is 0.164. The number of halogens is 1. The van der Waals surface area contributed by atoms with Crippen LogP contribution in [0.1, 0.15) is 45.1 Å². The number of carbonyl (C=O) groups excluding carboxylic acids is 1. The van der Waals surface area contributed by atoms with Crippen molar-refractivity contribution in [2.75, 3.05) is 6.54 Å². The number of amides is 1. The second-order valence-electron chi connectivity index (χ2n) is 9.54. The Balaban J connectivity index is 1.42. The Morgan fingerprint density at radius 1 is 0.842 bits per heavy atom. The van der Waals surface area contributed by atoms with E-state index >= 15 is 0 Å². The minimum Gasteiger partial charge on any atom is -0.351 e. The molecule has 5 heteroatoms. The zero-order valence-electron chi connectivity index (χ0n) is 21.6. The van der Waals surface area contributed by atoms with Crippen LogP contribution in [0, 0.1) is 19.7 Å². The molecule has 190 valence electrons. The summed E-state index contributed by atoms with van der Waals surface area (Å²) in [5.74, 6) is -0.352. The van der Waals surface area contributed by atoms with Gasteiger partial charge in [-0.25, -0.2) is 9.07 Å². The number of nitrogens with zero attached hydrogens (tertiary/aromatic N) is 2. The van der Waals surface area contributed by atoms with Crippen molar-refractivity contribution in [1.29, 1.82) is 0 Å². The van der Waals surface area contributed by atoms with E-state index in [0.29, 0.717) is 17.9 Å². The van der Waals surface area contributed by atoms with Gasteiger partial charge in [0.05, 0.1) is 11.4 Å². The molecule has 0 aliphatic carbocycles. The molecule has 1 N–H and O–H groups in total. The summed E-state index contributed by atoms with van der Waals surface area (Å²) in [5.41, 5.74) is 7.21. The number of nitrogens with one attached hydrogen (secondary N) is 1. The first kappa shape index (κ1) is 25.2. The zero-order valence-corrected chi connectivity index (χ0v) is 21.6. The van der Waals surface area contributed by atoms with Crippen LogP contribution in [0.5, 0.6) is 0 Å². The molecule has 38 heavy (non-hydrogen) atoms. The molecule has 4 aromatic carbocycles. The second kappa shape index (κ2) is 11.3. The van der Waals surface area contributed by atoms with Crippen molar-refractivity contribution in [1.82, 2.24) is 15.1 Å². The Kier molecular flexibility index (Phi) is 7.45. The highest BCUT2D eigenvalue weighted by atomic mass is 19.1. The number of aromatic nitrogens is 2. The molecule has 5 rings (SSSR count). The van der Waals surface area contributed by atoms with E-state index in [9.17, 15) is 9.18 Å². The molecule has 1 amide bonds. The van der Waals surface area contributed by atoms with Gasteiger partial charge in [0, 0.05) is 18.0 Å². The monoisotopic (exact) mass is 503 g/mol. The standard InChI is InChI=1S/C33H30FN3O/c1-23-13-18-31(24(2)21-23)37-32(22-30(36-37)27-14-16-28(34)17-15-27)33(38)35-20-19-29(25-9-5-3-6-10-25)26-11-7-4-8-12-26/h3-18,21-22,29H,19-20H2,1-2H3,(H,35,38). The number of hydrogen-bond acceptors (Lipinski definition) is 2. The summed E-state index contributed by atoms with van der Waals surface area (Å²) >= 11 is 0. The summed E-state index contributed by atoms with van der Waals surface area (Å²) in [5, 5.41) is 7.89. The number of hydrogen-bond donors (Lipinski definition) is 1. The molecule has 0 unspecified atom stereocenters. The Hall–Kier alpha value is -4.51. The van der Waals surface area contributed by atoms with Gasteiger partial charge in [-0.2, -0.15) is 5.10 Å². The van der Waals surface area contributed by atoms with E-state index in [4.69, 9.17) is 5.10 Å². The zero-order chi connectivity index (χ0) is 26.5. The fourth-order valence-corrected chi connectivity index (χ4v) is 4.85. The first-order valence-corrected chi connectivity index (χ1v) is 12.8. The lowest BCUT2D eigenvalue weighted by molar-refractivity contribution is 0.0945. The summed E-state index contributed by atoms with van der Waals surface area (Å²) in [6, 6.07) is 34.7. The quantitative estimate of drug-likeness (QED) is 0.242. The van der Waals surface area contributed by atoms with Gasteiger partial charge in [0.15, 0.2) is 0 Å². The number of aryl methyl sites for hydroxylation is 2. The van der Waals surface area contributed by atoms with Crippen molar-refractivity contribution in [3.8, 4) is 16.9 Å². The Bertz CT molecular complexity index is 1490. The van der Waals surface area contributed by atoms with E-state index in [1.807, 2.05) is 62.4 Å². The van der Waals surface area contributed by atoms with Gasteiger partial charge in [-0.1, -0.05) is 78.4 Å². The SMILES string of the molecule is Cc1ccc(-n2nc(-c3ccc(F)cc3)cc2C(=O)NCCC(c2ccccc2)c2ccccc2)c(C)c1. The van der Waals surface area contributed by atoms with Crippen LogP contribution in [0.15, 0.2) is 109 Å². The average molecular weight is 504 g/mol. The van der Waals surface area contributed by atoms with Crippen molar-refractivity contribution >= 4 is 5.91 Å². The van der Waals surface area contributed by atoms with Crippen LogP contribution in [0.3, 0.4) is 0 Å². The molecule has 4 nitrogen and oxygen atoms in total. The largest absolute Gasteiger partial charge is 0.351 e. The fraction of sp³-hybridized carbons (Fsp3) is 0.152. The van der Waals surface area contributed by atoms with Gasteiger partial charge >= 0.3 is 0 Å². The van der Waals surface area contributed by atoms with E-state index < -0.39 is 0 Å². The molecular weight excluding hydrogens is 473 g/mol. The molecule has 0 saturated heterocycles. The van der Waals surface area contributed by atoms with Gasteiger partial charge in [0.2, 0.25) is 0 Å². The summed E-state index contributed by atoms with van der Waals surface area (Å²) in [4.78, 5) is 13.5. The molecule has 0 atom stereocenters. The van der Waals surface area contributed by atoms with E-state index in [2.05, 4.69) is 35.6 Å². The maximum Gasteiger partial charge on any atom is 0.270 e. The summed E-state index contributed by atoms with van der Waals surface area (Å²) < 4.78 is 15.2. The van der Waals surface area contributed by atoms with Gasteiger partial charge in [-0.15, -0.1) is 0 Å². The van der Waals surface area contributed by atoms with Crippen molar-refractivity contribution in [2.24, 2.45) is 0 Å². The van der Waals surface area contributed by atoms with E-state index in [-0.39, 0.29) is 17.6 Å². The van der Waals surface area contributed by atoms with Crippen LogP contribution in [0.25, 0.3) is 16.9 Å². The fourth-order valence-electron chi connectivity index (χ4n) is 4.85. The Labute approximate surface area is 222 Å². The highest BCUT2D eigenvalue weighted by molar-refractivity contribution is 5.94. The normalized spacial score (nSPS) is 11.1. The van der Waals surface area contributed by atoms with Crippen molar-refractivity contribution in [2.45, 2.75) is 26.2 Å². The molecule has 0 aliphatic rings. The van der Waals surface area contributed by atoms with Crippen LogP contribution in [-0.2, 0) is 0 Å². The second-order valence-corrected chi connectivity index (χ2v) is 9.54. The number of rotatable bonds is 8. The molecular formula is C33H30FN3O. The average Bonchev–Trinajstić information content (AvgIpc) is 3.38. The smallest absolute Gasteiger partial charge is 0.270 e. The lowest BCUT2D eigenvalue weighted by atomic mass is 9.88. The predicted octanol–water partition coefficient (Wildman–Crippen LogP) is 7.25. The topological polar surface area (TPSA) is 46.9 Å². The molecule has 5 aromatic rings. The molecule has 1 aromatic heterocycles. The molecule has 0 spiro atoms. The molecule has 0 saturated carbocycles. The predicted molar refractivity (Wildman–Crippen MR) is 150 cm³/mol. The molecule has 0 bridgehead atoms. The molecule has 0 fully saturated rings. The highest BCUT2D eigenvalue weighted by Crippen LogP contribution is 2.28. The van der Waals surface area contributed by atoms with E-state index in [1.54, 1.807) is 22.9 Å². The van der Waals surface area contributed by atoms with Gasteiger partial charge in [-0.3, -0.25) is 4.79 Å². The lowest BCUT2D eigenvalue weighted by Crippen LogP contribution is -2.28. The van der Waals surface area contributed by atoms with Crippen molar-refractivity contribution in [3.05, 3.63) is 143 Å². The first-order valence-electron chi connectivity index (χ1n) is 12.8.